The van der Waals surface area contributed by atoms with Gasteiger partial charge < -0.3 is 19.7 Å². The van der Waals surface area contributed by atoms with Crippen LogP contribution in [0.5, 0.6) is 5.75 Å². The number of benzene rings is 2. The van der Waals surface area contributed by atoms with E-state index in [1.165, 1.54) is 5.56 Å². The Morgan fingerprint density at radius 1 is 1.18 bits per heavy atom. The minimum absolute atomic E-state index is 0.0693. The van der Waals surface area contributed by atoms with Gasteiger partial charge in [0, 0.05) is 17.6 Å². The third-order valence-electron chi connectivity index (χ3n) is 6.03. The highest BCUT2D eigenvalue weighted by molar-refractivity contribution is 9.10. The molecule has 2 aromatic rings. The van der Waals surface area contributed by atoms with Gasteiger partial charge >= 0.3 is 5.97 Å². The molecule has 1 saturated heterocycles. The van der Waals surface area contributed by atoms with Crippen molar-refractivity contribution < 1.29 is 23.9 Å². The summed E-state index contributed by atoms with van der Waals surface area (Å²) in [7, 11) is 0. The summed E-state index contributed by atoms with van der Waals surface area (Å²) < 4.78 is 11.9. The zero-order valence-corrected chi connectivity index (χ0v) is 24.1. The summed E-state index contributed by atoms with van der Waals surface area (Å²) in [6, 6.07) is 14.3. The van der Waals surface area contributed by atoms with Gasteiger partial charge in [0.15, 0.2) is 5.11 Å². The van der Waals surface area contributed by atoms with Gasteiger partial charge in [-0.25, -0.2) is 0 Å². The Bertz CT molecular complexity index is 1130. The number of ether oxygens (including phenoxy) is 2. The van der Waals surface area contributed by atoms with Crippen LogP contribution >= 0.6 is 28.1 Å². The van der Waals surface area contributed by atoms with Gasteiger partial charge in [0.25, 0.3) is 5.91 Å². The highest BCUT2D eigenvalue weighted by Gasteiger charge is 2.34. The highest BCUT2D eigenvalue weighted by atomic mass is 79.9. The number of nitrogens with one attached hydrogen (secondary N) is 2. The average Bonchev–Trinajstić information content (AvgIpc) is 2.89. The summed E-state index contributed by atoms with van der Waals surface area (Å²) in [5.41, 5.74) is 1.49. The van der Waals surface area contributed by atoms with Crippen LogP contribution in [0, 0.1) is 5.92 Å². The van der Waals surface area contributed by atoms with E-state index in [9.17, 15) is 14.4 Å². The number of halogens is 1. The predicted octanol–water partition coefficient (Wildman–Crippen LogP) is 4.26. The number of hydrogen-bond donors (Lipinski definition) is 2. The van der Waals surface area contributed by atoms with Crippen molar-refractivity contribution in [2.75, 3.05) is 26.3 Å². The average molecular weight is 605 g/mol. The molecule has 0 saturated carbocycles. The van der Waals surface area contributed by atoms with E-state index < -0.39 is 17.9 Å². The SMILES string of the molecule is CC(C)CCOc1ccc(Br)cc1C(=O)NC(=S)N1CCNC(=O)C1CC(=O)OCCCc1ccccc1. The van der Waals surface area contributed by atoms with Crippen LogP contribution in [0.15, 0.2) is 53.0 Å². The zero-order valence-electron chi connectivity index (χ0n) is 21.7. The fourth-order valence-corrected chi connectivity index (χ4v) is 4.60. The number of hydrogen-bond acceptors (Lipinski definition) is 6. The van der Waals surface area contributed by atoms with Crippen molar-refractivity contribution in [1.82, 2.24) is 15.5 Å². The second-order valence-electron chi connectivity index (χ2n) is 9.44. The Labute approximate surface area is 237 Å². The number of esters is 1. The van der Waals surface area contributed by atoms with E-state index in [-0.39, 0.29) is 24.0 Å². The minimum atomic E-state index is -0.873. The molecule has 1 unspecified atom stereocenters. The van der Waals surface area contributed by atoms with Gasteiger partial charge in [-0.15, -0.1) is 0 Å². The molecule has 0 aliphatic carbocycles. The van der Waals surface area contributed by atoms with Crippen LogP contribution in [0.3, 0.4) is 0 Å². The molecule has 0 spiro atoms. The zero-order chi connectivity index (χ0) is 27.5. The molecular weight excluding hydrogens is 570 g/mol. The molecule has 0 radical (unpaired) electrons. The molecule has 1 heterocycles. The fraction of sp³-hybridized carbons (Fsp3) is 0.429. The Hall–Kier alpha value is -2.98. The highest BCUT2D eigenvalue weighted by Crippen LogP contribution is 2.24. The number of piperazine rings is 1. The first kappa shape index (κ1) is 29.6. The van der Waals surface area contributed by atoms with Gasteiger partial charge in [0.05, 0.1) is 25.2 Å². The van der Waals surface area contributed by atoms with E-state index in [1.807, 2.05) is 30.3 Å². The number of rotatable bonds is 11. The van der Waals surface area contributed by atoms with E-state index >= 15 is 0 Å². The first-order valence-corrected chi connectivity index (χ1v) is 14.0. The molecule has 0 bridgehead atoms. The lowest BCUT2D eigenvalue weighted by Crippen LogP contribution is -2.60. The van der Waals surface area contributed by atoms with Crippen LogP contribution in [0.4, 0.5) is 0 Å². The van der Waals surface area contributed by atoms with Gasteiger partial charge in [0.2, 0.25) is 5.91 Å². The number of aryl methyl sites for hydroxylation is 1. The van der Waals surface area contributed by atoms with Crippen LogP contribution in [-0.4, -0.2) is 60.1 Å². The Balaban J connectivity index is 1.58. The van der Waals surface area contributed by atoms with Crippen molar-refractivity contribution in [3.05, 3.63) is 64.1 Å². The van der Waals surface area contributed by atoms with Crippen LogP contribution in [-0.2, 0) is 20.7 Å². The largest absolute Gasteiger partial charge is 0.493 e. The lowest BCUT2D eigenvalue weighted by Gasteiger charge is -2.36. The second-order valence-corrected chi connectivity index (χ2v) is 10.7. The van der Waals surface area contributed by atoms with Gasteiger partial charge in [-0.1, -0.05) is 60.1 Å². The summed E-state index contributed by atoms with van der Waals surface area (Å²) in [5.74, 6) is -0.375. The van der Waals surface area contributed by atoms with E-state index in [0.717, 1.165) is 17.3 Å². The van der Waals surface area contributed by atoms with Gasteiger partial charge in [-0.2, -0.15) is 0 Å². The molecule has 0 aromatic heterocycles. The molecule has 10 heteroatoms. The number of nitrogens with zero attached hydrogens (tertiary/aromatic N) is 1. The third kappa shape index (κ3) is 9.09. The molecular formula is C28H34BrN3O5S. The lowest BCUT2D eigenvalue weighted by molar-refractivity contribution is -0.147. The molecule has 1 aliphatic rings. The summed E-state index contributed by atoms with van der Waals surface area (Å²) in [6.07, 6.45) is 2.15. The van der Waals surface area contributed by atoms with Crippen molar-refractivity contribution in [2.24, 2.45) is 5.92 Å². The summed E-state index contributed by atoms with van der Waals surface area (Å²) in [5, 5.41) is 5.54. The van der Waals surface area contributed by atoms with E-state index in [4.69, 9.17) is 21.7 Å². The monoisotopic (exact) mass is 603 g/mol. The van der Waals surface area contributed by atoms with Crippen molar-refractivity contribution in [3.8, 4) is 5.75 Å². The maximum atomic E-state index is 13.2. The Kier molecular flexibility index (Phi) is 11.5. The van der Waals surface area contributed by atoms with Gasteiger partial charge in [0.1, 0.15) is 11.8 Å². The molecule has 1 atom stereocenters. The Morgan fingerprint density at radius 3 is 2.68 bits per heavy atom. The van der Waals surface area contributed by atoms with Gasteiger partial charge in [-0.3, -0.25) is 19.7 Å². The second kappa shape index (κ2) is 14.8. The topological polar surface area (TPSA) is 97.0 Å². The van der Waals surface area contributed by atoms with Crippen LogP contribution < -0.4 is 15.4 Å². The molecule has 1 aliphatic heterocycles. The Morgan fingerprint density at radius 2 is 1.95 bits per heavy atom. The molecule has 1 fully saturated rings. The molecule has 2 N–H and O–H groups in total. The first-order chi connectivity index (χ1) is 18.2. The van der Waals surface area contributed by atoms with E-state index in [0.29, 0.717) is 43.3 Å². The summed E-state index contributed by atoms with van der Waals surface area (Å²) >= 11 is 8.90. The number of amides is 2. The summed E-state index contributed by atoms with van der Waals surface area (Å²) in [4.78, 5) is 39.9. The standard InChI is InChI=1S/C28H34BrN3O5S/c1-19(2)12-16-36-24-11-10-21(29)17-22(24)26(34)31-28(38)32-14-13-30-27(35)23(32)18-25(33)37-15-6-9-20-7-4-3-5-8-20/h3-5,7-8,10-11,17,19,23H,6,9,12-16,18H2,1-2H3,(H,30,35)(H,31,34,38). The third-order valence-corrected chi connectivity index (χ3v) is 6.86. The smallest absolute Gasteiger partial charge is 0.308 e. The lowest BCUT2D eigenvalue weighted by atomic mass is 10.1. The molecule has 3 rings (SSSR count). The normalized spacial score (nSPS) is 15.1. The van der Waals surface area contributed by atoms with Crippen LogP contribution in [0.2, 0.25) is 0 Å². The molecule has 8 nitrogen and oxygen atoms in total. The van der Waals surface area contributed by atoms with Crippen molar-refractivity contribution in [3.63, 3.8) is 0 Å². The van der Waals surface area contributed by atoms with Gasteiger partial charge in [-0.05, 0) is 61.2 Å². The molecule has 2 aromatic carbocycles. The van der Waals surface area contributed by atoms with Crippen molar-refractivity contribution in [2.45, 2.75) is 45.6 Å². The van der Waals surface area contributed by atoms with Crippen molar-refractivity contribution >= 4 is 51.0 Å². The number of carbonyl (C=O) groups excluding carboxylic acids is 3. The van der Waals surface area contributed by atoms with Crippen LogP contribution in [0.25, 0.3) is 0 Å². The number of carbonyl (C=O) groups is 3. The quantitative estimate of drug-likeness (QED) is 0.225. The molecule has 204 valence electrons. The van der Waals surface area contributed by atoms with Crippen LogP contribution in [0.1, 0.15) is 49.0 Å². The maximum absolute atomic E-state index is 13.2. The number of thiocarbonyl (C=S) groups is 1. The maximum Gasteiger partial charge on any atom is 0.308 e. The predicted molar refractivity (Wildman–Crippen MR) is 153 cm³/mol. The first-order valence-electron chi connectivity index (χ1n) is 12.8. The molecule has 2 amide bonds. The minimum Gasteiger partial charge on any atom is -0.493 e. The summed E-state index contributed by atoms with van der Waals surface area (Å²) in [6.45, 7) is 5.63. The van der Waals surface area contributed by atoms with E-state index in [1.54, 1.807) is 23.1 Å². The molecule has 38 heavy (non-hydrogen) atoms. The van der Waals surface area contributed by atoms with Crippen molar-refractivity contribution in [1.29, 1.82) is 0 Å². The van der Waals surface area contributed by atoms with E-state index in [2.05, 4.69) is 40.4 Å². The fourth-order valence-electron chi connectivity index (χ4n) is 3.93.